The van der Waals surface area contributed by atoms with E-state index in [9.17, 15) is 0 Å². The van der Waals surface area contributed by atoms with Crippen molar-refractivity contribution >= 4 is 11.8 Å². The second kappa shape index (κ2) is 5.58. The first-order valence-corrected chi connectivity index (χ1v) is 7.67. The van der Waals surface area contributed by atoms with Crippen LogP contribution in [0.25, 0.3) is 0 Å². The molecule has 2 aliphatic rings. The SMILES string of the molecule is CC1CCCC(NCC2CCCS2)C1C. The monoisotopic (exact) mass is 227 g/mol. The van der Waals surface area contributed by atoms with Crippen molar-refractivity contribution in [3.8, 4) is 0 Å². The van der Waals surface area contributed by atoms with Crippen LogP contribution in [0, 0.1) is 11.8 Å². The Bertz CT molecular complexity index is 189. The van der Waals surface area contributed by atoms with Crippen molar-refractivity contribution in [1.29, 1.82) is 0 Å². The van der Waals surface area contributed by atoms with Crippen molar-refractivity contribution in [3.05, 3.63) is 0 Å². The highest BCUT2D eigenvalue weighted by Gasteiger charge is 2.27. The number of rotatable bonds is 3. The molecule has 2 fully saturated rings. The highest BCUT2D eigenvalue weighted by Crippen LogP contribution is 2.30. The molecule has 0 bridgehead atoms. The number of hydrogen-bond acceptors (Lipinski definition) is 2. The van der Waals surface area contributed by atoms with Crippen LogP contribution in [0.5, 0.6) is 0 Å². The van der Waals surface area contributed by atoms with Gasteiger partial charge in [0.2, 0.25) is 0 Å². The Balaban J connectivity index is 1.72. The van der Waals surface area contributed by atoms with Gasteiger partial charge < -0.3 is 5.32 Å². The average molecular weight is 227 g/mol. The van der Waals surface area contributed by atoms with Gasteiger partial charge in [0.15, 0.2) is 0 Å². The van der Waals surface area contributed by atoms with Gasteiger partial charge in [-0.1, -0.05) is 26.7 Å². The minimum absolute atomic E-state index is 0.801. The quantitative estimate of drug-likeness (QED) is 0.794. The molecule has 1 N–H and O–H groups in total. The van der Waals surface area contributed by atoms with Crippen LogP contribution in [0.3, 0.4) is 0 Å². The van der Waals surface area contributed by atoms with Gasteiger partial charge in [0, 0.05) is 17.8 Å². The second-order valence-corrected chi connectivity index (χ2v) is 6.83. The maximum absolute atomic E-state index is 3.82. The molecule has 0 aromatic carbocycles. The van der Waals surface area contributed by atoms with E-state index in [-0.39, 0.29) is 0 Å². The van der Waals surface area contributed by atoms with Crippen LogP contribution in [0.4, 0.5) is 0 Å². The van der Waals surface area contributed by atoms with E-state index in [4.69, 9.17) is 0 Å². The van der Waals surface area contributed by atoms with Gasteiger partial charge in [-0.05, 0) is 36.9 Å². The molecular formula is C13H25NS. The van der Waals surface area contributed by atoms with E-state index >= 15 is 0 Å². The lowest BCUT2D eigenvalue weighted by molar-refractivity contribution is 0.207. The molecule has 88 valence electrons. The van der Waals surface area contributed by atoms with Crippen LogP contribution in [-0.4, -0.2) is 23.6 Å². The van der Waals surface area contributed by atoms with Gasteiger partial charge >= 0.3 is 0 Å². The summed E-state index contributed by atoms with van der Waals surface area (Å²) in [7, 11) is 0. The van der Waals surface area contributed by atoms with E-state index in [0.29, 0.717) is 0 Å². The van der Waals surface area contributed by atoms with Gasteiger partial charge in [0.05, 0.1) is 0 Å². The lowest BCUT2D eigenvalue weighted by Gasteiger charge is -2.35. The van der Waals surface area contributed by atoms with Crippen molar-refractivity contribution in [3.63, 3.8) is 0 Å². The second-order valence-electron chi connectivity index (χ2n) is 5.42. The molecule has 1 heterocycles. The molecule has 0 aromatic rings. The number of hydrogen-bond donors (Lipinski definition) is 1. The molecular weight excluding hydrogens is 202 g/mol. The molecule has 1 aliphatic carbocycles. The van der Waals surface area contributed by atoms with E-state index < -0.39 is 0 Å². The maximum Gasteiger partial charge on any atom is 0.0172 e. The predicted molar refractivity (Wildman–Crippen MR) is 69.4 cm³/mol. The summed E-state index contributed by atoms with van der Waals surface area (Å²) >= 11 is 2.17. The van der Waals surface area contributed by atoms with Crippen LogP contribution in [0.2, 0.25) is 0 Å². The Morgan fingerprint density at radius 2 is 2.00 bits per heavy atom. The van der Waals surface area contributed by atoms with Crippen molar-refractivity contribution in [2.75, 3.05) is 12.3 Å². The van der Waals surface area contributed by atoms with E-state index in [1.807, 2.05) is 0 Å². The number of nitrogens with one attached hydrogen (secondary N) is 1. The fourth-order valence-electron chi connectivity index (χ4n) is 2.96. The standard InChI is InChI=1S/C13H25NS/c1-10-5-3-7-13(11(10)2)14-9-12-6-4-8-15-12/h10-14H,3-9H2,1-2H3. The summed E-state index contributed by atoms with van der Waals surface area (Å²) in [5.41, 5.74) is 0. The van der Waals surface area contributed by atoms with Crippen LogP contribution < -0.4 is 5.32 Å². The first-order chi connectivity index (χ1) is 7.27. The minimum atomic E-state index is 0.801. The average Bonchev–Trinajstić information content (AvgIpc) is 2.73. The molecule has 1 saturated heterocycles. The smallest absolute Gasteiger partial charge is 0.0172 e. The fourth-order valence-corrected chi connectivity index (χ4v) is 4.17. The maximum atomic E-state index is 3.82. The highest BCUT2D eigenvalue weighted by atomic mass is 32.2. The normalized spacial score (nSPS) is 42.0. The first-order valence-electron chi connectivity index (χ1n) is 6.62. The summed E-state index contributed by atoms with van der Waals surface area (Å²) in [6.45, 7) is 6.11. The first kappa shape index (κ1) is 11.8. The van der Waals surface area contributed by atoms with Gasteiger partial charge in [-0.25, -0.2) is 0 Å². The minimum Gasteiger partial charge on any atom is -0.313 e. The van der Waals surface area contributed by atoms with Crippen LogP contribution >= 0.6 is 11.8 Å². The Labute approximate surface area is 98.8 Å². The Morgan fingerprint density at radius 1 is 1.13 bits per heavy atom. The zero-order valence-corrected chi connectivity index (χ0v) is 11.0. The van der Waals surface area contributed by atoms with E-state index in [2.05, 4.69) is 30.9 Å². The third-order valence-corrected chi connectivity index (χ3v) is 5.74. The van der Waals surface area contributed by atoms with E-state index in [1.54, 1.807) is 0 Å². The molecule has 4 unspecified atom stereocenters. The van der Waals surface area contributed by atoms with Gasteiger partial charge in [-0.3, -0.25) is 0 Å². The van der Waals surface area contributed by atoms with E-state index in [1.165, 1.54) is 44.4 Å². The molecule has 4 atom stereocenters. The van der Waals surface area contributed by atoms with Gasteiger partial charge in [0.1, 0.15) is 0 Å². The summed E-state index contributed by atoms with van der Waals surface area (Å²) in [5.74, 6) is 3.20. The molecule has 2 heteroatoms. The lowest BCUT2D eigenvalue weighted by Crippen LogP contribution is -2.42. The summed E-state index contributed by atoms with van der Waals surface area (Å²) < 4.78 is 0. The summed E-state index contributed by atoms with van der Waals surface area (Å²) in [4.78, 5) is 0. The Hall–Kier alpha value is 0.310. The van der Waals surface area contributed by atoms with Crippen LogP contribution in [-0.2, 0) is 0 Å². The molecule has 15 heavy (non-hydrogen) atoms. The Kier molecular flexibility index (Phi) is 4.39. The molecule has 1 saturated carbocycles. The van der Waals surface area contributed by atoms with Gasteiger partial charge in [0.25, 0.3) is 0 Å². The highest BCUT2D eigenvalue weighted by molar-refractivity contribution is 8.00. The zero-order chi connectivity index (χ0) is 10.7. The van der Waals surface area contributed by atoms with Crippen molar-refractivity contribution in [1.82, 2.24) is 5.32 Å². The fraction of sp³-hybridized carbons (Fsp3) is 1.00. The molecule has 0 aromatic heterocycles. The van der Waals surface area contributed by atoms with Crippen molar-refractivity contribution < 1.29 is 0 Å². The predicted octanol–water partition coefficient (Wildman–Crippen LogP) is 3.30. The molecule has 0 amide bonds. The van der Waals surface area contributed by atoms with Crippen LogP contribution in [0.15, 0.2) is 0 Å². The third-order valence-electron chi connectivity index (χ3n) is 4.34. The van der Waals surface area contributed by atoms with Crippen molar-refractivity contribution in [2.24, 2.45) is 11.8 Å². The molecule has 1 nitrogen and oxygen atoms in total. The lowest BCUT2D eigenvalue weighted by atomic mass is 9.78. The van der Waals surface area contributed by atoms with Gasteiger partial charge in [-0.15, -0.1) is 0 Å². The summed E-state index contributed by atoms with van der Waals surface area (Å²) in [6.07, 6.45) is 7.16. The molecule has 0 radical (unpaired) electrons. The van der Waals surface area contributed by atoms with E-state index in [0.717, 1.165) is 23.1 Å². The van der Waals surface area contributed by atoms with Gasteiger partial charge in [-0.2, -0.15) is 11.8 Å². The van der Waals surface area contributed by atoms with Crippen LogP contribution in [0.1, 0.15) is 46.0 Å². The summed E-state index contributed by atoms with van der Waals surface area (Å²) in [5, 5.41) is 4.73. The topological polar surface area (TPSA) is 12.0 Å². The largest absolute Gasteiger partial charge is 0.313 e. The molecule has 1 aliphatic heterocycles. The van der Waals surface area contributed by atoms with Crippen molar-refractivity contribution in [2.45, 2.75) is 57.2 Å². The Morgan fingerprint density at radius 3 is 2.73 bits per heavy atom. The number of thioether (sulfide) groups is 1. The zero-order valence-electron chi connectivity index (χ0n) is 10.2. The molecule has 0 spiro atoms. The third kappa shape index (κ3) is 3.13. The summed E-state index contributed by atoms with van der Waals surface area (Å²) in [6, 6.07) is 0.801. The molecule has 2 rings (SSSR count).